The van der Waals surface area contributed by atoms with Gasteiger partial charge in [0, 0.05) is 12.5 Å². The molecule has 76 valence electrons. The van der Waals surface area contributed by atoms with Crippen LogP contribution < -0.4 is 5.32 Å². The zero-order valence-electron chi connectivity index (χ0n) is 8.45. The molecule has 4 nitrogen and oxygen atoms in total. The van der Waals surface area contributed by atoms with Gasteiger partial charge < -0.3 is 5.32 Å². The van der Waals surface area contributed by atoms with Crippen molar-refractivity contribution in [2.75, 3.05) is 19.3 Å². The first-order chi connectivity index (χ1) is 6.81. The highest BCUT2D eigenvalue weighted by molar-refractivity contribution is 7.98. The predicted molar refractivity (Wildman–Crippen MR) is 56.6 cm³/mol. The third kappa shape index (κ3) is 1.88. The van der Waals surface area contributed by atoms with E-state index in [2.05, 4.69) is 20.5 Å². The Morgan fingerprint density at radius 2 is 2.29 bits per heavy atom. The van der Waals surface area contributed by atoms with Crippen LogP contribution in [0.25, 0.3) is 0 Å². The van der Waals surface area contributed by atoms with E-state index in [1.807, 2.05) is 13.2 Å². The summed E-state index contributed by atoms with van der Waals surface area (Å²) in [7, 11) is 0. The molecule has 5 heteroatoms. The van der Waals surface area contributed by atoms with Crippen molar-refractivity contribution in [2.24, 2.45) is 0 Å². The minimum atomic E-state index is 0.505. The monoisotopic (exact) mass is 210 g/mol. The molecule has 1 aromatic rings. The predicted octanol–water partition coefficient (Wildman–Crippen LogP) is 0.979. The molecule has 0 aliphatic carbocycles. The molecule has 14 heavy (non-hydrogen) atoms. The normalized spacial score (nSPS) is 21.4. The zero-order valence-corrected chi connectivity index (χ0v) is 9.27. The van der Waals surface area contributed by atoms with Crippen LogP contribution in [-0.2, 0) is 0 Å². The highest BCUT2D eigenvalue weighted by Gasteiger charge is 2.21. The van der Waals surface area contributed by atoms with Crippen LogP contribution >= 0.6 is 11.8 Å². The van der Waals surface area contributed by atoms with Gasteiger partial charge in [-0.2, -0.15) is 5.10 Å². The summed E-state index contributed by atoms with van der Waals surface area (Å²) < 4.78 is 0. The molecule has 1 N–H and O–H groups in total. The van der Waals surface area contributed by atoms with Gasteiger partial charge in [0.05, 0.1) is 11.4 Å². The van der Waals surface area contributed by atoms with Crippen LogP contribution in [-0.4, -0.2) is 34.5 Å². The Morgan fingerprint density at radius 3 is 2.86 bits per heavy atom. The van der Waals surface area contributed by atoms with Crippen LogP contribution in [0.2, 0.25) is 0 Å². The zero-order chi connectivity index (χ0) is 9.97. The first-order valence-corrected chi connectivity index (χ1v) is 5.99. The third-order valence-electron chi connectivity index (χ3n) is 2.51. The quantitative estimate of drug-likeness (QED) is 0.737. The number of nitrogens with one attached hydrogen (secondary N) is 1. The van der Waals surface area contributed by atoms with E-state index in [0.717, 1.165) is 36.1 Å². The topological polar surface area (TPSA) is 50.7 Å². The summed E-state index contributed by atoms with van der Waals surface area (Å²) >= 11 is 1.53. The van der Waals surface area contributed by atoms with Crippen LogP contribution in [0, 0.1) is 6.92 Å². The Labute approximate surface area is 87.9 Å². The Bertz CT molecular complexity index is 323. The van der Waals surface area contributed by atoms with Crippen molar-refractivity contribution >= 4 is 11.8 Å². The maximum atomic E-state index is 4.40. The molecule has 0 spiro atoms. The molecule has 1 aliphatic heterocycles. The molecule has 1 fully saturated rings. The van der Waals surface area contributed by atoms with Crippen LogP contribution in [0.15, 0.2) is 5.16 Å². The summed E-state index contributed by atoms with van der Waals surface area (Å²) in [5, 5.41) is 12.4. The van der Waals surface area contributed by atoms with E-state index < -0.39 is 0 Å². The maximum absolute atomic E-state index is 4.40. The van der Waals surface area contributed by atoms with Crippen molar-refractivity contribution in [1.29, 1.82) is 0 Å². The summed E-state index contributed by atoms with van der Waals surface area (Å²) in [6.07, 6.45) is 3.11. The van der Waals surface area contributed by atoms with Gasteiger partial charge in [-0.3, -0.25) is 0 Å². The van der Waals surface area contributed by atoms with Gasteiger partial charge in [0.25, 0.3) is 0 Å². The van der Waals surface area contributed by atoms with E-state index in [4.69, 9.17) is 0 Å². The lowest BCUT2D eigenvalue weighted by Gasteiger charge is -2.09. The van der Waals surface area contributed by atoms with Crippen molar-refractivity contribution < 1.29 is 0 Å². The SMILES string of the molecule is CSc1nnc(C2CCNC2)c(C)n1. The molecule has 1 aromatic heterocycles. The van der Waals surface area contributed by atoms with Crippen LogP contribution in [0.4, 0.5) is 0 Å². The van der Waals surface area contributed by atoms with Crippen molar-refractivity contribution in [3.05, 3.63) is 11.4 Å². The smallest absolute Gasteiger partial charge is 0.209 e. The van der Waals surface area contributed by atoms with Crippen LogP contribution in [0.5, 0.6) is 0 Å². The average molecular weight is 210 g/mol. The fourth-order valence-corrected chi connectivity index (χ4v) is 2.09. The first kappa shape index (κ1) is 9.86. The molecule has 2 heterocycles. The maximum Gasteiger partial charge on any atom is 0.209 e. The molecule has 0 saturated carbocycles. The summed E-state index contributed by atoms with van der Waals surface area (Å²) in [4.78, 5) is 4.40. The van der Waals surface area contributed by atoms with E-state index in [1.165, 1.54) is 11.8 Å². The van der Waals surface area contributed by atoms with Gasteiger partial charge in [-0.25, -0.2) is 4.98 Å². The van der Waals surface area contributed by atoms with Crippen molar-refractivity contribution in [2.45, 2.75) is 24.4 Å². The number of thioether (sulfide) groups is 1. The standard InChI is InChI=1S/C9H14N4S/c1-6-8(7-3-4-10-5-7)12-13-9(11-6)14-2/h7,10H,3-5H2,1-2H3. The summed E-state index contributed by atoms with van der Waals surface area (Å²) in [5.41, 5.74) is 2.09. The second-order valence-electron chi connectivity index (χ2n) is 3.46. The van der Waals surface area contributed by atoms with E-state index in [1.54, 1.807) is 0 Å². The van der Waals surface area contributed by atoms with E-state index in [-0.39, 0.29) is 0 Å². The molecule has 1 unspecified atom stereocenters. The largest absolute Gasteiger partial charge is 0.316 e. The number of hydrogen-bond acceptors (Lipinski definition) is 5. The van der Waals surface area contributed by atoms with Crippen LogP contribution in [0.1, 0.15) is 23.7 Å². The number of aromatic nitrogens is 3. The molecule has 0 amide bonds. The summed E-state index contributed by atoms with van der Waals surface area (Å²) in [6, 6.07) is 0. The second-order valence-corrected chi connectivity index (χ2v) is 4.23. The summed E-state index contributed by atoms with van der Waals surface area (Å²) in [6.45, 7) is 4.11. The number of nitrogens with zero attached hydrogens (tertiary/aromatic N) is 3. The molecule has 0 aromatic carbocycles. The minimum Gasteiger partial charge on any atom is -0.316 e. The molecule has 1 aliphatic rings. The second kappa shape index (κ2) is 4.23. The Balaban J connectivity index is 2.25. The molecule has 2 rings (SSSR count). The van der Waals surface area contributed by atoms with E-state index >= 15 is 0 Å². The van der Waals surface area contributed by atoms with Gasteiger partial charge >= 0.3 is 0 Å². The lowest BCUT2D eigenvalue weighted by Crippen LogP contribution is -2.12. The van der Waals surface area contributed by atoms with Crippen LogP contribution in [0.3, 0.4) is 0 Å². The average Bonchev–Trinajstić information content (AvgIpc) is 2.70. The van der Waals surface area contributed by atoms with E-state index in [9.17, 15) is 0 Å². The molecule has 1 saturated heterocycles. The van der Waals surface area contributed by atoms with Gasteiger partial charge in [-0.1, -0.05) is 11.8 Å². The van der Waals surface area contributed by atoms with Crippen molar-refractivity contribution in [3.63, 3.8) is 0 Å². The number of hydrogen-bond donors (Lipinski definition) is 1. The van der Waals surface area contributed by atoms with Gasteiger partial charge in [0.2, 0.25) is 5.16 Å². The van der Waals surface area contributed by atoms with Gasteiger partial charge in [-0.15, -0.1) is 5.10 Å². The lowest BCUT2D eigenvalue weighted by molar-refractivity contribution is 0.666. The molecule has 0 radical (unpaired) electrons. The van der Waals surface area contributed by atoms with Crippen molar-refractivity contribution in [1.82, 2.24) is 20.5 Å². The minimum absolute atomic E-state index is 0.505. The number of aryl methyl sites for hydroxylation is 1. The molecular weight excluding hydrogens is 196 g/mol. The Hall–Kier alpha value is -0.680. The fraction of sp³-hybridized carbons (Fsp3) is 0.667. The molecule has 1 atom stereocenters. The first-order valence-electron chi connectivity index (χ1n) is 4.77. The lowest BCUT2D eigenvalue weighted by atomic mass is 10.0. The molecular formula is C9H14N4S. The summed E-state index contributed by atoms with van der Waals surface area (Å²) in [5.74, 6) is 0.505. The van der Waals surface area contributed by atoms with Gasteiger partial charge in [0.15, 0.2) is 0 Å². The highest BCUT2D eigenvalue weighted by atomic mass is 32.2. The van der Waals surface area contributed by atoms with Gasteiger partial charge in [0.1, 0.15) is 0 Å². The van der Waals surface area contributed by atoms with Gasteiger partial charge in [-0.05, 0) is 26.1 Å². The van der Waals surface area contributed by atoms with Crippen molar-refractivity contribution in [3.8, 4) is 0 Å². The highest BCUT2D eigenvalue weighted by Crippen LogP contribution is 2.22. The fourth-order valence-electron chi connectivity index (χ4n) is 1.74. The van der Waals surface area contributed by atoms with E-state index in [0.29, 0.717) is 5.92 Å². The Morgan fingerprint density at radius 1 is 1.43 bits per heavy atom. The molecule has 0 bridgehead atoms. The Kier molecular flexibility index (Phi) is 2.98. The number of rotatable bonds is 2. The third-order valence-corrected chi connectivity index (χ3v) is 3.04.